The molecule has 0 saturated carbocycles. The Morgan fingerprint density at radius 1 is 1.33 bits per heavy atom. The molecule has 21 heavy (non-hydrogen) atoms. The van der Waals surface area contributed by atoms with Crippen molar-refractivity contribution in [1.82, 2.24) is 10.3 Å². The molecule has 0 radical (unpaired) electrons. The quantitative estimate of drug-likeness (QED) is 0.731. The van der Waals surface area contributed by atoms with Gasteiger partial charge in [-0.1, -0.05) is 25.1 Å². The van der Waals surface area contributed by atoms with E-state index < -0.39 is 5.97 Å². The van der Waals surface area contributed by atoms with Crippen molar-refractivity contribution in [2.24, 2.45) is 5.92 Å². The lowest BCUT2D eigenvalue weighted by Gasteiger charge is -2.11. The van der Waals surface area contributed by atoms with E-state index in [1.54, 1.807) is 0 Å². The number of fused-ring (bicyclic) bond motifs is 1. The molecule has 5 nitrogen and oxygen atoms in total. The van der Waals surface area contributed by atoms with Crippen LogP contribution in [0.15, 0.2) is 30.5 Å². The lowest BCUT2D eigenvalue weighted by Crippen LogP contribution is -2.29. The minimum absolute atomic E-state index is 0.0399. The van der Waals surface area contributed by atoms with E-state index in [0.717, 1.165) is 16.5 Å². The molecule has 2 rings (SSSR count). The summed E-state index contributed by atoms with van der Waals surface area (Å²) in [6.07, 6.45) is 2.90. The van der Waals surface area contributed by atoms with Crippen LogP contribution >= 0.6 is 0 Å². The predicted molar refractivity (Wildman–Crippen MR) is 81.0 cm³/mol. The highest BCUT2D eigenvalue weighted by atomic mass is 16.4. The van der Waals surface area contributed by atoms with E-state index in [4.69, 9.17) is 5.11 Å². The van der Waals surface area contributed by atoms with E-state index in [0.29, 0.717) is 19.4 Å². The first-order valence-corrected chi connectivity index (χ1v) is 7.09. The highest BCUT2D eigenvalue weighted by Crippen LogP contribution is 2.18. The Balaban J connectivity index is 1.83. The third-order valence-corrected chi connectivity index (χ3v) is 3.52. The SMILES string of the molecule is CC(CCC(=O)O)CNC(=O)Cc1c[nH]c2ccccc12. The summed E-state index contributed by atoms with van der Waals surface area (Å²) in [5.41, 5.74) is 2.00. The normalized spacial score (nSPS) is 12.2. The van der Waals surface area contributed by atoms with Gasteiger partial charge in [0.1, 0.15) is 0 Å². The van der Waals surface area contributed by atoms with Gasteiger partial charge in [-0.2, -0.15) is 0 Å². The molecule has 1 amide bonds. The van der Waals surface area contributed by atoms with Gasteiger partial charge in [0.25, 0.3) is 0 Å². The van der Waals surface area contributed by atoms with Gasteiger partial charge < -0.3 is 15.4 Å². The Morgan fingerprint density at radius 3 is 2.86 bits per heavy atom. The number of aromatic amines is 1. The van der Waals surface area contributed by atoms with Gasteiger partial charge in [-0.25, -0.2) is 0 Å². The van der Waals surface area contributed by atoms with Gasteiger partial charge in [0.15, 0.2) is 0 Å². The Bertz CT molecular complexity index is 633. The fourth-order valence-corrected chi connectivity index (χ4v) is 2.27. The Hall–Kier alpha value is -2.30. The number of para-hydroxylation sites is 1. The summed E-state index contributed by atoms with van der Waals surface area (Å²) in [6, 6.07) is 7.87. The average molecular weight is 288 g/mol. The van der Waals surface area contributed by atoms with Crippen LogP contribution in [0, 0.1) is 5.92 Å². The smallest absolute Gasteiger partial charge is 0.303 e. The molecule has 1 atom stereocenters. The Labute approximate surface area is 123 Å². The number of benzene rings is 1. The first kappa shape index (κ1) is 15.1. The van der Waals surface area contributed by atoms with Crippen LogP contribution in [0.2, 0.25) is 0 Å². The summed E-state index contributed by atoms with van der Waals surface area (Å²) >= 11 is 0. The third-order valence-electron chi connectivity index (χ3n) is 3.52. The number of amides is 1. The van der Waals surface area contributed by atoms with Crippen LogP contribution in [-0.4, -0.2) is 28.5 Å². The molecule has 1 heterocycles. The number of nitrogens with one attached hydrogen (secondary N) is 2. The molecule has 3 N–H and O–H groups in total. The predicted octanol–water partition coefficient (Wildman–Crippen LogP) is 2.33. The van der Waals surface area contributed by atoms with Gasteiger partial charge in [0.05, 0.1) is 6.42 Å². The molecule has 0 aliphatic carbocycles. The van der Waals surface area contributed by atoms with E-state index in [2.05, 4.69) is 10.3 Å². The number of carbonyl (C=O) groups is 2. The maximum absolute atomic E-state index is 12.0. The number of hydrogen-bond donors (Lipinski definition) is 3. The highest BCUT2D eigenvalue weighted by molar-refractivity contribution is 5.88. The molecule has 5 heteroatoms. The fourth-order valence-electron chi connectivity index (χ4n) is 2.27. The molecule has 1 aromatic heterocycles. The minimum Gasteiger partial charge on any atom is -0.481 e. The van der Waals surface area contributed by atoms with Crippen molar-refractivity contribution in [3.05, 3.63) is 36.0 Å². The maximum atomic E-state index is 12.0. The molecule has 0 bridgehead atoms. The molecular weight excluding hydrogens is 268 g/mol. The zero-order valence-corrected chi connectivity index (χ0v) is 12.1. The third kappa shape index (κ3) is 4.34. The van der Waals surface area contributed by atoms with Crippen LogP contribution in [0.3, 0.4) is 0 Å². The standard InChI is InChI=1S/C16H20N2O3/c1-11(6-7-16(20)21)9-18-15(19)8-12-10-17-14-5-3-2-4-13(12)14/h2-5,10-11,17H,6-9H2,1H3,(H,18,19)(H,20,21). The number of hydrogen-bond acceptors (Lipinski definition) is 2. The molecule has 1 aromatic carbocycles. The van der Waals surface area contributed by atoms with Crippen LogP contribution in [-0.2, 0) is 16.0 Å². The van der Waals surface area contributed by atoms with Crippen LogP contribution < -0.4 is 5.32 Å². The summed E-state index contributed by atoms with van der Waals surface area (Å²) in [4.78, 5) is 25.6. The van der Waals surface area contributed by atoms with Crippen molar-refractivity contribution in [3.8, 4) is 0 Å². The molecule has 0 aliphatic heterocycles. The van der Waals surface area contributed by atoms with Gasteiger partial charge in [-0.05, 0) is 24.0 Å². The monoisotopic (exact) mass is 288 g/mol. The van der Waals surface area contributed by atoms with Gasteiger partial charge in [-0.3, -0.25) is 9.59 Å². The zero-order chi connectivity index (χ0) is 15.2. The number of H-pyrrole nitrogens is 1. The number of carboxylic acid groups (broad SMARTS) is 1. The van der Waals surface area contributed by atoms with Crippen LogP contribution in [0.5, 0.6) is 0 Å². The Morgan fingerprint density at radius 2 is 2.10 bits per heavy atom. The number of rotatable bonds is 7. The van der Waals surface area contributed by atoms with Gasteiger partial charge >= 0.3 is 5.97 Å². The molecule has 0 saturated heterocycles. The summed E-state index contributed by atoms with van der Waals surface area (Å²) in [5.74, 6) is -0.679. The van der Waals surface area contributed by atoms with Gasteiger partial charge in [-0.15, -0.1) is 0 Å². The number of carboxylic acids is 1. The van der Waals surface area contributed by atoms with Crippen molar-refractivity contribution >= 4 is 22.8 Å². The van der Waals surface area contributed by atoms with Crippen LogP contribution in [0.1, 0.15) is 25.3 Å². The summed E-state index contributed by atoms with van der Waals surface area (Å²) in [6.45, 7) is 2.45. The first-order valence-electron chi connectivity index (χ1n) is 7.09. The fraction of sp³-hybridized carbons (Fsp3) is 0.375. The molecule has 0 aliphatic rings. The number of aromatic nitrogens is 1. The van der Waals surface area contributed by atoms with Crippen molar-refractivity contribution in [2.75, 3.05) is 6.54 Å². The summed E-state index contributed by atoms with van der Waals surface area (Å²) in [7, 11) is 0. The second kappa shape index (κ2) is 6.92. The van der Waals surface area contributed by atoms with E-state index in [9.17, 15) is 9.59 Å². The zero-order valence-electron chi connectivity index (χ0n) is 12.1. The van der Waals surface area contributed by atoms with Crippen molar-refractivity contribution < 1.29 is 14.7 Å². The molecule has 0 spiro atoms. The highest BCUT2D eigenvalue weighted by Gasteiger charge is 2.10. The topological polar surface area (TPSA) is 82.2 Å². The van der Waals surface area contributed by atoms with Crippen molar-refractivity contribution in [1.29, 1.82) is 0 Å². The van der Waals surface area contributed by atoms with E-state index >= 15 is 0 Å². The number of aliphatic carboxylic acids is 1. The van der Waals surface area contributed by atoms with E-state index in [-0.39, 0.29) is 18.2 Å². The van der Waals surface area contributed by atoms with Crippen LogP contribution in [0.25, 0.3) is 10.9 Å². The lowest BCUT2D eigenvalue weighted by molar-refractivity contribution is -0.137. The summed E-state index contributed by atoms with van der Waals surface area (Å²) in [5, 5.41) is 12.5. The van der Waals surface area contributed by atoms with Crippen LogP contribution in [0.4, 0.5) is 0 Å². The van der Waals surface area contributed by atoms with Gasteiger partial charge in [0.2, 0.25) is 5.91 Å². The second-order valence-corrected chi connectivity index (χ2v) is 5.38. The van der Waals surface area contributed by atoms with E-state index in [1.807, 2.05) is 37.4 Å². The largest absolute Gasteiger partial charge is 0.481 e. The second-order valence-electron chi connectivity index (χ2n) is 5.38. The maximum Gasteiger partial charge on any atom is 0.303 e. The Kier molecular flexibility index (Phi) is 4.98. The van der Waals surface area contributed by atoms with E-state index in [1.165, 1.54) is 0 Å². The molecule has 112 valence electrons. The first-order chi connectivity index (χ1) is 10.1. The number of carbonyl (C=O) groups excluding carboxylic acids is 1. The molecule has 1 unspecified atom stereocenters. The lowest BCUT2D eigenvalue weighted by atomic mass is 10.1. The minimum atomic E-state index is -0.799. The average Bonchev–Trinajstić information content (AvgIpc) is 2.86. The molecule has 2 aromatic rings. The van der Waals surface area contributed by atoms with Gasteiger partial charge in [0, 0.05) is 30.1 Å². The summed E-state index contributed by atoms with van der Waals surface area (Å²) < 4.78 is 0. The molecular formula is C16H20N2O3. The van der Waals surface area contributed by atoms with Crippen molar-refractivity contribution in [3.63, 3.8) is 0 Å². The molecule has 0 fully saturated rings. The van der Waals surface area contributed by atoms with Crippen molar-refractivity contribution in [2.45, 2.75) is 26.2 Å².